The number of amides is 1. The zero-order chi connectivity index (χ0) is 14.1. The van der Waals surface area contributed by atoms with Gasteiger partial charge in [0.15, 0.2) is 0 Å². The molecule has 2 aromatic carbocycles. The average Bonchev–Trinajstić information content (AvgIpc) is 2.46. The lowest BCUT2D eigenvalue weighted by molar-refractivity contribution is -0.115. The number of hydrogen-bond donors (Lipinski definition) is 1. The SMILES string of the molecule is COc1ccc(C)cc1N1CC(=O)Nc2ccccc21. The maximum Gasteiger partial charge on any atom is 0.244 e. The van der Waals surface area contributed by atoms with E-state index in [0.717, 1.165) is 28.4 Å². The van der Waals surface area contributed by atoms with Crippen molar-refractivity contribution in [3.63, 3.8) is 0 Å². The third-order valence-corrected chi connectivity index (χ3v) is 3.40. The molecule has 0 fully saturated rings. The highest BCUT2D eigenvalue weighted by molar-refractivity contribution is 6.03. The van der Waals surface area contributed by atoms with E-state index in [1.807, 2.05) is 54.3 Å². The van der Waals surface area contributed by atoms with Crippen LogP contribution in [0.25, 0.3) is 0 Å². The van der Waals surface area contributed by atoms with Crippen LogP contribution in [0.5, 0.6) is 5.75 Å². The fourth-order valence-electron chi connectivity index (χ4n) is 2.46. The number of carbonyl (C=O) groups is 1. The van der Waals surface area contributed by atoms with Crippen LogP contribution >= 0.6 is 0 Å². The Morgan fingerprint density at radius 2 is 1.95 bits per heavy atom. The lowest BCUT2D eigenvalue weighted by Gasteiger charge is -2.32. The van der Waals surface area contributed by atoms with E-state index in [1.165, 1.54) is 0 Å². The molecule has 20 heavy (non-hydrogen) atoms. The average molecular weight is 268 g/mol. The van der Waals surface area contributed by atoms with Crippen LogP contribution in [-0.4, -0.2) is 19.6 Å². The fraction of sp³-hybridized carbons (Fsp3) is 0.188. The van der Waals surface area contributed by atoms with Crippen LogP contribution in [0.1, 0.15) is 5.56 Å². The topological polar surface area (TPSA) is 41.6 Å². The van der Waals surface area contributed by atoms with E-state index < -0.39 is 0 Å². The minimum absolute atomic E-state index is 0.0211. The van der Waals surface area contributed by atoms with Crippen LogP contribution in [0.4, 0.5) is 17.1 Å². The molecule has 1 aliphatic rings. The Morgan fingerprint density at radius 1 is 1.15 bits per heavy atom. The van der Waals surface area contributed by atoms with Crippen molar-refractivity contribution in [1.29, 1.82) is 0 Å². The first-order chi connectivity index (χ1) is 9.69. The molecule has 0 aliphatic carbocycles. The molecule has 0 saturated carbocycles. The Balaban J connectivity index is 2.15. The monoisotopic (exact) mass is 268 g/mol. The Kier molecular flexibility index (Phi) is 3.06. The minimum atomic E-state index is -0.0211. The van der Waals surface area contributed by atoms with E-state index in [2.05, 4.69) is 5.32 Å². The van der Waals surface area contributed by atoms with Crippen molar-refractivity contribution >= 4 is 23.0 Å². The number of anilines is 3. The lowest BCUT2D eigenvalue weighted by atomic mass is 10.1. The van der Waals surface area contributed by atoms with Crippen molar-refractivity contribution < 1.29 is 9.53 Å². The van der Waals surface area contributed by atoms with E-state index in [0.29, 0.717) is 0 Å². The molecule has 0 unspecified atom stereocenters. The Bertz CT molecular complexity index is 667. The van der Waals surface area contributed by atoms with E-state index in [1.54, 1.807) is 7.11 Å². The molecular weight excluding hydrogens is 252 g/mol. The molecule has 0 spiro atoms. The first kappa shape index (κ1) is 12.5. The van der Waals surface area contributed by atoms with Crippen molar-refractivity contribution in [2.45, 2.75) is 6.92 Å². The second-order valence-electron chi connectivity index (χ2n) is 4.83. The molecule has 1 aliphatic heterocycles. The predicted octanol–water partition coefficient (Wildman–Crippen LogP) is 3.09. The van der Waals surface area contributed by atoms with Crippen LogP contribution in [0, 0.1) is 6.92 Å². The largest absolute Gasteiger partial charge is 0.495 e. The van der Waals surface area contributed by atoms with E-state index >= 15 is 0 Å². The number of benzene rings is 2. The molecule has 1 amide bonds. The van der Waals surface area contributed by atoms with Gasteiger partial charge in [-0.25, -0.2) is 0 Å². The second-order valence-corrected chi connectivity index (χ2v) is 4.83. The van der Waals surface area contributed by atoms with Crippen LogP contribution in [0.15, 0.2) is 42.5 Å². The smallest absolute Gasteiger partial charge is 0.244 e. The summed E-state index contributed by atoms with van der Waals surface area (Å²) >= 11 is 0. The molecule has 1 N–H and O–H groups in total. The number of ether oxygens (including phenoxy) is 1. The minimum Gasteiger partial charge on any atom is -0.495 e. The van der Waals surface area contributed by atoms with Gasteiger partial charge in [0.05, 0.1) is 24.2 Å². The van der Waals surface area contributed by atoms with Crippen molar-refractivity contribution in [2.24, 2.45) is 0 Å². The summed E-state index contributed by atoms with van der Waals surface area (Å²) in [6.45, 7) is 2.32. The summed E-state index contributed by atoms with van der Waals surface area (Å²) in [5.74, 6) is 0.743. The highest BCUT2D eigenvalue weighted by Gasteiger charge is 2.24. The summed E-state index contributed by atoms with van der Waals surface area (Å²) in [7, 11) is 1.64. The van der Waals surface area contributed by atoms with Gasteiger partial charge >= 0.3 is 0 Å². The van der Waals surface area contributed by atoms with Gasteiger partial charge < -0.3 is 15.0 Å². The van der Waals surface area contributed by atoms with Gasteiger partial charge in [-0.05, 0) is 36.8 Å². The molecule has 4 nitrogen and oxygen atoms in total. The Labute approximate surface area is 118 Å². The van der Waals surface area contributed by atoms with Gasteiger partial charge in [0, 0.05) is 0 Å². The standard InChI is InChI=1S/C16H16N2O2/c1-11-7-8-15(20-2)14(9-11)18-10-16(19)17-12-5-3-4-6-13(12)18/h3-9H,10H2,1-2H3,(H,17,19). The normalized spacial score (nSPS) is 13.7. The summed E-state index contributed by atoms with van der Waals surface area (Å²) in [5, 5.41) is 2.89. The Morgan fingerprint density at radius 3 is 2.75 bits per heavy atom. The first-order valence-electron chi connectivity index (χ1n) is 6.50. The van der Waals surface area contributed by atoms with Gasteiger partial charge in [-0.15, -0.1) is 0 Å². The maximum absolute atomic E-state index is 11.9. The molecule has 102 valence electrons. The van der Waals surface area contributed by atoms with Crippen LogP contribution in [-0.2, 0) is 4.79 Å². The molecule has 0 atom stereocenters. The van der Waals surface area contributed by atoms with Gasteiger partial charge in [-0.1, -0.05) is 18.2 Å². The predicted molar refractivity (Wildman–Crippen MR) is 79.8 cm³/mol. The van der Waals surface area contributed by atoms with Gasteiger partial charge in [-0.3, -0.25) is 4.79 Å². The highest BCUT2D eigenvalue weighted by Crippen LogP contribution is 2.39. The van der Waals surface area contributed by atoms with E-state index in [4.69, 9.17) is 4.74 Å². The van der Waals surface area contributed by atoms with Gasteiger partial charge in [0.2, 0.25) is 5.91 Å². The lowest BCUT2D eigenvalue weighted by Crippen LogP contribution is -2.35. The van der Waals surface area contributed by atoms with Crippen molar-refractivity contribution in [2.75, 3.05) is 23.9 Å². The highest BCUT2D eigenvalue weighted by atomic mass is 16.5. The number of fused-ring (bicyclic) bond motifs is 1. The molecule has 2 aromatic rings. The number of para-hydroxylation sites is 2. The molecular formula is C16H16N2O2. The van der Waals surface area contributed by atoms with Gasteiger partial charge in [0.1, 0.15) is 12.3 Å². The third kappa shape index (κ3) is 2.09. The number of nitrogens with one attached hydrogen (secondary N) is 1. The summed E-state index contributed by atoms with van der Waals surface area (Å²) < 4.78 is 5.43. The van der Waals surface area contributed by atoms with Crippen molar-refractivity contribution in [1.82, 2.24) is 0 Å². The van der Waals surface area contributed by atoms with Crippen molar-refractivity contribution in [3.05, 3.63) is 48.0 Å². The molecule has 1 heterocycles. The van der Waals surface area contributed by atoms with Crippen LogP contribution in [0.3, 0.4) is 0 Å². The molecule has 3 rings (SSSR count). The number of rotatable bonds is 2. The summed E-state index contributed by atoms with van der Waals surface area (Å²) in [6, 6.07) is 13.7. The zero-order valence-corrected chi connectivity index (χ0v) is 11.5. The van der Waals surface area contributed by atoms with Gasteiger partial charge in [-0.2, -0.15) is 0 Å². The number of methoxy groups -OCH3 is 1. The summed E-state index contributed by atoms with van der Waals surface area (Å²) in [4.78, 5) is 13.9. The quantitative estimate of drug-likeness (QED) is 0.910. The summed E-state index contributed by atoms with van der Waals surface area (Å²) in [5.41, 5.74) is 3.85. The summed E-state index contributed by atoms with van der Waals surface area (Å²) in [6.07, 6.45) is 0. The second kappa shape index (κ2) is 4.89. The van der Waals surface area contributed by atoms with E-state index in [9.17, 15) is 4.79 Å². The van der Waals surface area contributed by atoms with Gasteiger partial charge in [0.25, 0.3) is 0 Å². The number of aryl methyl sites for hydroxylation is 1. The number of nitrogens with zero attached hydrogens (tertiary/aromatic N) is 1. The third-order valence-electron chi connectivity index (χ3n) is 3.40. The molecule has 0 aromatic heterocycles. The Hall–Kier alpha value is -2.49. The molecule has 0 saturated heterocycles. The van der Waals surface area contributed by atoms with E-state index in [-0.39, 0.29) is 12.5 Å². The molecule has 0 radical (unpaired) electrons. The fourth-order valence-corrected chi connectivity index (χ4v) is 2.46. The van der Waals surface area contributed by atoms with Crippen LogP contribution < -0.4 is 15.0 Å². The molecule has 0 bridgehead atoms. The van der Waals surface area contributed by atoms with Crippen LogP contribution in [0.2, 0.25) is 0 Å². The number of hydrogen-bond acceptors (Lipinski definition) is 3. The first-order valence-corrected chi connectivity index (χ1v) is 6.50. The van der Waals surface area contributed by atoms with Crippen molar-refractivity contribution in [3.8, 4) is 5.75 Å². The maximum atomic E-state index is 11.9. The zero-order valence-electron chi connectivity index (χ0n) is 11.5. The number of carbonyl (C=O) groups excluding carboxylic acids is 1. The molecule has 4 heteroatoms.